The molecule has 1 N–H and O–H groups in total. The van der Waals surface area contributed by atoms with E-state index >= 15 is 0 Å². The number of fused-ring (bicyclic) bond motifs is 1. The Hall–Kier alpha value is -0.350. The average Bonchev–Trinajstić information content (AvgIpc) is 2.98. The molecule has 1 atom stereocenters. The van der Waals surface area contributed by atoms with Crippen LogP contribution in [0.25, 0.3) is 0 Å². The van der Waals surface area contributed by atoms with Crippen LogP contribution in [0.3, 0.4) is 0 Å². The molecule has 0 saturated heterocycles. The molecule has 0 aliphatic heterocycles. The molecule has 4 heteroatoms. The highest BCUT2D eigenvalue weighted by molar-refractivity contribution is 7.16. The maximum absolute atomic E-state index is 5.94. The average molecular weight is 298 g/mol. The SMILES string of the molecule is Clc1ccc(CCNC2CCCc3sccc32)s1. The number of hydrogen-bond donors (Lipinski definition) is 1. The van der Waals surface area contributed by atoms with Crippen molar-refractivity contribution >= 4 is 34.3 Å². The van der Waals surface area contributed by atoms with Crippen LogP contribution >= 0.6 is 34.3 Å². The molecule has 0 saturated carbocycles. The Bertz CT molecular complexity index is 517. The molecule has 1 aliphatic rings. The van der Waals surface area contributed by atoms with Gasteiger partial charge in [0, 0.05) is 22.3 Å². The van der Waals surface area contributed by atoms with Gasteiger partial charge in [-0.3, -0.25) is 0 Å². The fraction of sp³-hybridized carbons (Fsp3) is 0.429. The Kier molecular flexibility index (Phi) is 4.04. The van der Waals surface area contributed by atoms with Crippen molar-refractivity contribution in [2.45, 2.75) is 31.7 Å². The zero-order chi connectivity index (χ0) is 12.4. The van der Waals surface area contributed by atoms with Gasteiger partial charge < -0.3 is 5.32 Å². The number of nitrogens with one attached hydrogen (secondary N) is 1. The standard InChI is InChI=1S/C14H16ClNS2/c15-14-5-4-10(18-14)6-8-16-12-2-1-3-13-11(12)7-9-17-13/h4-5,7,9,12,16H,1-3,6,8H2. The fourth-order valence-corrected chi connectivity index (χ4v) is 4.63. The van der Waals surface area contributed by atoms with E-state index < -0.39 is 0 Å². The van der Waals surface area contributed by atoms with Crippen molar-refractivity contribution in [1.29, 1.82) is 0 Å². The number of rotatable bonds is 4. The predicted molar refractivity (Wildman–Crippen MR) is 81.0 cm³/mol. The summed E-state index contributed by atoms with van der Waals surface area (Å²) >= 11 is 9.54. The van der Waals surface area contributed by atoms with Crippen molar-refractivity contribution in [3.8, 4) is 0 Å². The summed E-state index contributed by atoms with van der Waals surface area (Å²) in [6.45, 7) is 1.04. The normalized spacial score (nSPS) is 18.8. The smallest absolute Gasteiger partial charge is 0.0931 e. The Balaban J connectivity index is 1.55. The lowest BCUT2D eigenvalue weighted by atomic mass is 9.94. The van der Waals surface area contributed by atoms with Crippen molar-refractivity contribution in [3.05, 3.63) is 43.2 Å². The Labute approximate surface area is 121 Å². The van der Waals surface area contributed by atoms with Crippen LogP contribution in [0.2, 0.25) is 4.34 Å². The van der Waals surface area contributed by atoms with Gasteiger partial charge in [-0.15, -0.1) is 22.7 Å². The van der Waals surface area contributed by atoms with Gasteiger partial charge in [0.25, 0.3) is 0 Å². The van der Waals surface area contributed by atoms with Crippen LogP contribution in [0, 0.1) is 0 Å². The van der Waals surface area contributed by atoms with Gasteiger partial charge in [-0.1, -0.05) is 11.6 Å². The summed E-state index contributed by atoms with van der Waals surface area (Å²) in [4.78, 5) is 2.95. The van der Waals surface area contributed by atoms with E-state index in [1.165, 1.54) is 29.7 Å². The van der Waals surface area contributed by atoms with E-state index in [1.54, 1.807) is 16.2 Å². The summed E-state index contributed by atoms with van der Waals surface area (Å²) in [5, 5.41) is 5.92. The molecule has 2 heterocycles. The third kappa shape index (κ3) is 2.80. The third-order valence-electron chi connectivity index (χ3n) is 3.44. The molecule has 2 aromatic heterocycles. The van der Waals surface area contributed by atoms with Crippen LogP contribution in [-0.2, 0) is 12.8 Å². The van der Waals surface area contributed by atoms with Gasteiger partial charge in [0.15, 0.2) is 0 Å². The molecule has 1 aliphatic carbocycles. The first-order chi connectivity index (χ1) is 8.83. The Morgan fingerprint density at radius 3 is 3.11 bits per heavy atom. The van der Waals surface area contributed by atoms with E-state index in [0.29, 0.717) is 6.04 Å². The molecular weight excluding hydrogens is 282 g/mol. The van der Waals surface area contributed by atoms with Crippen molar-refractivity contribution in [2.75, 3.05) is 6.54 Å². The quantitative estimate of drug-likeness (QED) is 0.864. The largest absolute Gasteiger partial charge is 0.310 e. The van der Waals surface area contributed by atoms with E-state index in [0.717, 1.165) is 17.3 Å². The molecule has 1 nitrogen and oxygen atoms in total. The maximum atomic E-state index is 5.94. The number of hydrogen-bond acceptors (Lipinski definition) is 3. The van der Waals surface area contributed by atoms with Gasteiger partial charge in [0.2, 0.25) is 0 Å². The molecule has 0 aromatic carbocycles. The molecule has 0 radical (unpaired) electrons. The Morgan fingerprint density at radius 2 is 2.28 bits per heavy atom. The molecule has 0 amide bonds. The summed E-state index contributed by atoms with van der Waals surface area (Å²) in [5.74, 6) is 0. The first-order valence-electron chi connectivity index (χ1n) is 6.37. The van der Waals surface area contributed by atoms with Crippen molar-refractivity contribution in [1.82, 2.24) is 5.32 Å². The second-order valence-electron chi connectivity index (χ2n) is 4.65. The second kappa shape index (κ2) is 5.74. The van der Waals surface area contributed by atoms with Crippen molar-refractivity contribution in [3.63, 3.8) is 0 Å². The molecule has 1 unspecified atom stereocenters. The third-order valence-corrected chi connectivity index (χ3v) is 5.73. The van der Waals surface area contributed by atoms with Crippen LogP contribution in [-0.4, -0.2) is 6.54 Å². The van der Waals surface area contributed by atoms with Gasteiger partial charge in [-0.2, -0.15) is 0 Å². The van der Waals surface area contributed by atoms with Crippen LogP contribution in [0.1, 0.15) is 34.2 Å². The molecular formula is C14H16ClNS2. The lowest BCUT2D eigenvalue weighted by molar-refractivity contribution is 0.467. The number of halogens is 1. The van der Waals surface area contributed by atoms with E-state index in [9.17, 15) is 0 Å². The summed E-state index contributed by atoms with van der Waals surface area (Å²) in [6.07, 6.45) is 4.93. The molecule has 0 spiro atoms. The first-order valence-corrected chi connectivity index (χ1v) is 8.44. The van der Waals surface area contributed by atoms with E-state index in [2.05, 4.69) is 22.8 Å². The second-order valence-corrected chi connectivity index (χ2v) is 7.45. The summed E-state index contributed by atoms with van der Waals surface area (Å²) in [5.41, 5.74) is 1.54. The maximum Gasteiger partial charge on any atom is 0.0931 e. The predicted octanol–water partition coefficient (Wildman–Crippen LogP) is 4.67. The van der Waals surface area contributed by atoms with Crippen LogP contribution in [0.5, 0.6) is 0 Å². The van der Waals surface area contributed by atoms with Gasteiger partial charge in [-0.05, 0) is 54.8 Å². The molecule has 2 aromatic rings. The highest BCUT2D eigenvalue weighted by Gasteiger charge is 2.20. The van der Waals surface area contributed by atoms with Crippen LogP contribution in [0.15, 0.2) is 23.6 Å². The number of thiophene rings is 2. The highest BCUT2D eigenvalue weighted by atomic mass is 35.5. The van der Waals surface area contributed by atoms with Gasteiger partial charge in [-0.25, -0.2) is 0 Å². The van der Waals surface area contributed by atoms with Gasteiger partial charge >= 0.3 is 0 Å². The van der Waals surface area contributed by atoms with Crippen LogP contribution in [0.4, 0.5) is 0 Å². The van der Waals surface area contributed by atoms with E-state index in [1.807, 2.05) is 17.4 Å². The van der Waals surface area contributed by atoms with Crippen molar-refractivity contribution in [2.24, 2.45) is 0 Å². The topological polar surface area (TPSA) is 12.0 Å². The molecule has 96 valence electrons. The minimum absolute atomic E-state index is 0.565. The summed E-state index contributed by atoms with van der Waals surface area (Å²) in [7, 11) is 0. The molecule has 0 bridgehead atoms. The van der Waals surface area contributed by atoms with Gasteiger partial charge in [0.05, 0.1) is 4.34 Å². The zero-order valence-electron chi connectivity index (χ0n) is 10.1. The summed E-state index contributed by atoms with van der Waals surface area (Å²) < 4.78 is 0.891. The first kappa shape index (κ1) is 12.7. The van der Waals surface area contributed by atoms with E-state index in [4.69, 9.17) is 11.6 Å². The fourth-order valence-electron chi connectivity index (χ4n) is 2.55. The highest BCUT2D eigenvalue weighted by Crippen LogP contribution is 2.33. The van der Waals surface area contributed by atoms with E-state index in [-0.39, 0.29) is 0 Å². The molecule has 0 fully saturated rings. The molecule has 3 rings (SSSR count). The minimum atomic E-state index is 0.565. The minimum Gasteiger partial charge on any atom is -0.310 e. The zero-order valence-corrected chi connectivity index (χ0v) is 12.5. The Morgan fingerprint density at radius 1 is 1.33 bits per heavy atom. The number of aryl methyl sites for hydroxylation is 1. The van der Waals surface area contributed by atoms with Crippen LogP contribution < -0.4 is 5.32 Å². The summed E-state index contributed by atoms with van der Waals surface area (Å²) in [6, 6.07) is 6.97. The monoisotopic (exact) mass is 297 g/mol. The van der Waals surface area contributed by atoms with Gasteiger partial charge in [0.1, 0.15) is 0 Å². The molecule has 18 heavy (non-hydrogen) atoms. The lowest BCUT2D eigenvalue weighted by Crippen LogP contribution is -2.26. The van der Waals surface area contributed by atoms with Crippen molar-refractivity contribution < 1.29 is 0 Å². The lowest BCUT2D eigenvalue weighted by Gasteiger charge is -2.23.